The van der Waals surface area contributed by atoms with Gasteiger partial charge in [-0.3, -0.25) is 0 Å². The van der Waals surface area contributed by atoms with Crippen molar-refractivity contribution in [2.24, 2.45) is 10.2 Å². The van der Waals surface area contributed by atoms with Gasteiger partial charge in [-0.15, -0.1) is 0 Å². The van der Waals surface area contributed by atoms with Crippen LogP contribution in [0.1, 0.15) is 22.3 Å². The van der Waals surface area contributed by atoms with Gasteiger partial charge in [0, 0.05) is 0 Å². The summed E-state index contributed by atoms with van der Waals surface area (Å²) in [7, 11) is -3.19. The summed E-state index contributed by atoms with van der Waals surface area (Å²) in [5, 5.41) is 9.75. The van der Waals surface area contributed by atoms with Crippen molar-refractivity contribution in [3.63, 3.8) is 0 Å². The first-order valence-corrected chi connectivity index (χ1v) is 18.8. The third kappa shape index (κ3) is 8.11. The second-order valence-electron chi connectivity index (χ2n) is 10.6. The Morgan fingerprint density at radius 1 is 0.529 bits per heavy atom. The fourth-order valence-corrected chi connectivity index (χ4v) is 5.48. The van der Waals surface area contributed by atoms with Gasteiger partial charge in [0.15, 0.2) is 16.5 Å². The summed E-state index contributed by atoms with van der Waals surface area (Å²) in [4.78, 5) is 0. The van der Waals surface area contributed by atoms with Crippen LogP contribution in [0.15, 0.2) is 95.1 Å². The molecular formula is C28H38N4Si2. The zero-order chi connectivity index (χ0) is 24.6. The molecule has 0 aromatic heterocycles. The van der Waals surface area contributed by atoms with Gasteiger partial charge in [-0.2, -0.15) is 10.2 Å². The molecule has 3 aromatic carbocycles. The van der Waals surface area contributed by atoms with Crippen LogP contribution in [0.25, 0.3) is 0 Å². The van der Waals surface area contributed by atoms with Gasteiger partial charge in [0.2, 0.25) is 0 Å². The van der Waals surface area contributed by atoms with Crippen molar-refractivity contribution in [1.29, 1.82) is 0 Å². The third-order valence-corrected chi connectivity index (χ3v) is 9.17. The van der Waals surface area contributed by atoms with Gasteiger partial charge in [0.1, 0.15) is 0 Å². The monoisotopic (exact) mass is 486 g/mol. The maximum absolute atomic E-state index is 4.88. The Morgan fingerprint density at radius 3 is 1.15 bits per heavy atom. The number of hydrazone groups is 2. The lowest BCUT2D eigenvalue weighted by Gasteiger charge is -2.31. The molecule has 0 spiro atoms. The molecule has 0 aliphatic rings. The van der Waals surface area contributed by atoms with E-state index >= 15 is 0 Å². The van der Waals surface area contributed by atoms with Gasteiger partial charge in [-0.25, -0.2) is 0 Å². The van der Waals surface area contributed by atoms with Crippen LogP contribution >= 0.6 is 0 Å². The van der Waals surface area contributed by atoms with Crippen molar-refractivity contribution in [3.05, 3.63) is 107 Å². The topological polar surface area (TPSA) is 31.2 Å². The lowest BCUT2D eigenvalue weighted by atomic mass is 10.2. The number of rotatable bonds is 10. The highest BCUT2D eigenvalue weighted by Crippen LogP contribution is 2.17. The van der Waals surface area contributed by atoms with Crippen molar-refractivity contribution >= 4 is 28.9 Å². The molecule has 0 unspecified atom stereocenters. The molecule has 0 atom stereocenters. The molecule has 3 aromatic rings. The Morgan fingerprint density at radius 2 is 0.853 bits per heavy atom. The molecule has 34 heavy (non-hydrogen) atoms. The largest absolute Gasteiger partial charge is 0.320 e. The maximum atomic E-state index is 4.88. The van der Waals surface area contributed by atoms with Crippen LogP contribution in [0.4, 0.5) is 0 Å². The predicted molar refractivity (Wildman–Crippen MR) is 152 cm³/mol. The Labute approximate surface area is 207 Å². The molecule has 6 heteroatoms. The first-order valence-electron chi connectivity index (χ1n) is 11.9. The van der Waals surface area contributed by atoms with Crippen LogP contribution in [0.2, 0.25) is 39.3 Å². The highest BCUT2D eigenvalue weighted by molar-refractivity contribution is 6.73. The molecule has 0 fully saturated rings. The summed E-state index contributed by atoms with van der Waals surface area (Å²) in [6.07, 6.45) is 3.96. The van der Waals surface area contributed by atoms with Crippen molar-refractivity contribution in [3.8, 4) is 0 Å². The van der Waals surface area contributed by atoms with E-state index in [1.165, 1.54) is 11.1 Å². The lowest BCUT2D eigenvalue weighted by molar-refractivity contribution is 0.446. The molecular weight excluding hydrogens is 449 g/mol. The number of benzene rings is 3. The summed E-state index contributed by atoms with van der Waals surface area (Å²) >= 11 is 0. The predicted octanol–water partition coefficient (Wildman–Crippen LogP) is 7.03. The summed E-state index contributed by atoms with van der Waals surface area (Å²) in [5.41, 5.74) is 4.77. The van der Waals surface area contributed by atoms with Gasteiger partial charge < -0.3 is 9.35 Å². The van der Waals surface area contributed by atoms with Crippen LogP contribution < -0.4 is 0 Å². The fourth-order valence-electron chi connectivity index (χ4n) is 3.36. The number of hydrogen-bond donors (Lipinski definition) is 0. The molecule has 0 aliphatic heterocycles. The van der Waals surface area contributed by atoms with Gasteiger partial charge in [0.05, 0.1) is 25.5 Å². The molecule has 0 N–H and O–H groups in total. The van der Waals surface area contributed by atoms with E-state index in [9.17, 15) is 0 Å². The van der Waals surface area contributed by atoms with E-state index < -0.39 is 16.5 Å². The quantitative estimate of drug-likeness (QED) is 0.175. The molecule has 0 bridgehead atoms. The second-order valence-corrected chi connectivity index (χ2v) is 20.3. The standard InChI is InChI=1S/C28H38N4Si2/c1-33(2,3)31(23-27-13-9-7-10-14-27)29-21-25-17-19-26(20-18-25)22-30-32(34(4,5)6)24-28-15-11-8-12-16-28/h7-22H,23-24H2,1-6H3/b29-21+,30-22+. The van der Waals surface area contributed by atoms with Crippen LogP contribution in [-0.2, 0) is 13.1 Å². The average Bonchev–Trinajstić information content (AvgIpc) is 2.80. The fraction of sp³-hybridized carbons (Fsp3) is 0.286. The van der Waals surface area contributed by atoms with E-state index in [1.54, 1.807) is 0 Å². The van der Waals surface area contributed by atoms with Crippen LogP contribution in [0.3, 0.4) is 0 Å². The maximum Gasteiger partial charge on any atom is 0.169 e. The summed E-state index contributed by atoms with van der Waals surface area (Å²) in [5.74, 6) is 0. The molecule has 178 valence electrons. The summed E-state index contributed by atoms with van der Waals surface area (Å²) < 4.78 is 4.54. The minimum absolute atomic E-state index is 0.839. The van der Waals surface area contributed by atoms with Crippen molar-refractivity contribution in [1.82, 2.24) is 9.35 Å². The second kappa shape index (κ2) is 11.4. The van der Waals surface area contributed by atoms with E-state index in [-0.39, 0.29) is 0 Å². The van der Waals surface area contributed by atoms with E-state index in [4.69, 9.17) is 10.2 Å². The summed E-state index contributed by atoms with van der Waals surface area (Å²) in [6, 6.07) is 29.6. The van der Waals surface area contributed by atoms with Crippen molar-refractivity contribution in [2.75, 3.05) is 0 Å². The van der Waals surface area contributed by atoms with Crippen molar-refractivity contribution < 1.29 is 0 Å². The highest BCUT2D eigenvalue weighted by atomic mass is 28.3. The molecule has 0 heterocycles. The Kier molecular flexibility index (Phi) is 8.63. The van der Waals surface area contributed by atoms with Gasteiger partial charge in [-0.05, 0) is 22.3 Å². The van der Waals surface area contributed by atoms with E-state index in [0.717, 1.165) is 24.2 Å². The van der Waals surface area contributed by atoms with Gasteiger partial charge in [0.25, 0.3) is 0 Å². The number of nitrogens with zero attached hydrogens (tertiary/aromatic N) is 4. The molecule has 0 amide bonds. The van der Waals surface area contributed by atoms with Crippen LogP contribution in [-0.4, -0.2) is 38.2 Å². The lowest BCUT2D eigenvalue weighted by Crippen LogP contribution is -2.41. The summed E-state index contributed by atoms with van der Waals surface area (Å²) in [6.45, 7) is 15.6. The van der Waals surface area contributed by atoms with Crippen molar-refractivity contribution in [2.45, 2.75) is 52.4 Å². The zero-order valence-electron chi connectivity index (χ0n) is 21.4. The molecule has 0 saturated heterocycles. The Bertz CT molecular complexity index is 979. The van der Waals surface area contributed by atoms with Gasteiger partial charge >= 0.3 is 0 Å². The minimum atomic E-state index is -1.60. The molecule has 0 aliphatic carbocycles. The van der Waals surface area contributed by atoms with Gasteiger partial charge in [-0.1, -0.05) is 124 Å². The van der Waals surface area contributed by atoms with E-state index in [1.807, 2.05) is 12.4 Å². The smallest absolute Gasteiger partial charge is 0.169 e. The van der Waals surface area contributed by atoms with E-state index in [0.29, 0.717) is 0 Å². The minimum Gasteiger partial charge on any atom is -0.320 e. The first-order chi connectivity index (χ1) is 16.1. The third-order valence-electron chi connectivity index (χ3n) is 5.53. The number of hydrogen-bond acceptors (Lipinski definition) is 4. The normalized spacial score (nSPS) is 12.4. The molecule has 4 nitrogen and oxygen atoms in total. The average molecular weight is 487 g/mol. The Balaban J connectivity index is 1.69. The zero-order valence-corrected chi connectivity index (χ0v) is 23.4. The Hall–Kier alpha value is -2.97. The molecule has 3 rings (SSSR count). The SMILES string of the molecule is C[Si](C)(C)N(Cc1ccccc1)/N=C/c1ccc(/C=N/N(Cc2ccccc2)[Si](C)(C)C)cc1. The van der Waals surface area contributed by atoms with Crippen LogP contribution in [0.5, 0.6) is 0 Å². The first kappa shape index (κ1) is 25.7. The molecule has 0 radical (unpaired) electrons. The van der Waals surface area contributed by atoms with E-state index in [2.05, 4.69) is 134 Å². The highest BCUT2D eigenvalue weighted by Gasteiger charge is 2.23. The van der Waals surface area contributed by atoms with Crippen LogP contribution in [0, 0.1) is 0 Å². The molecule has 0 saturated carbocycles.